The number of thiazole rings is 1. The zero-order valence-corrected chi connectivity index (χ0v) is 7.67. The highest BCUT2D eigenvalue weighted by Crippen LogP contribution is 2.30. The summed E-state index contributed by atoms with van der Waals surface area (Å²) >= 11 is 1.60. The van der Waals surface area contributed by atoms with Crippen molar-refractivity contribution < 1.29 is 9.84 Å². The van der Waals surface area contributed by atoms with Gasteiger partial charge in [-0.05, 0) is 6.92 Å². The van der Waals surface area contributed by atoms with E-state index in [1.165, 1.54) is 4.88 Å². The van der Waals surface area contributed by atoms with Crippen molar-refractivity contribution in [3.05, 3.63) is 16.1 Å². The molecule has 1 saturated heterocycles. The van der Waals surface area contributed by atoms with Gasteiger partial charge in [0.1, 0.15) is 0 Å². The fraction of sp³-hybridized carbons (Fsp3) is 0.625. The van der Waals surface area contributed by atoms with Crippen LogP contribution in [-0.2, 0) is 4.74 Å². The third kappa shape index (κ3) is 1.26. The summed E-state index contributed by atoms with van der Waals surface area (Å²) in [5.41, 5.74) is 2.84. The predicted octanol–water partition coefficient (Wildman–Crippen LogP) is 0.926. The van der Waals surface area contributed by atoms with Gasteiger partial charge in [-0.2, -0.15) is 0 Å². The molecule has 0 amide bonds. The Morgan fingerprint density at radius 1 is 1.67 bits per heavy atom. The molecule has 2 atom stereocenters. The van der Waals surface area contributed by atoms with E-state index in [2.05, 4.69) is 4.98 Å². The summed E-state index contributed by atoms with van der Waals surface area (Å²) in [6.45, 7) is 3.06. The fourth-order valence-corrected chi connectivity index (χ4v) is 2.41. The monoisotopic (exact) mass is 185 g/mol. The molecule has 0 aromatic carbocycles. The summed E-state index contributed by atoms with van der Waals surface area (Å²) in [5, 5.41) is 9.54. The molecule has 0 spiro atoms. The Bertz CT molecular complexity index is 274. The number of aromatic nitrogens is 1. The number of rotatable bonds is 1. The maximum atomic E-state index is 9.54. The van der Waals surface area contributed by atoms with E-state index < -0.39 is 0 Å². The first-order valence-corrected chi connectivity index (χ1v) is 4.83. The Kier molecular flexibility index (Phi) is 2.12. The summed E-state index contributed by atoms with van der Waals surface area (Å²) in [6.07, 6.45) is -0.343. The van der Waals surface area contributed by atoms with E-state index in [0.717, 1.165) is 5.69 Å². The van der Waals surface area contributed by atoms with E-state index in [1.54, 1.807) is 11.3 Å². The molecule has 1 aliphatic rings. The van der Waals surface area contributed by atoms with Crippen LogP contribution in [0.1, 0.15) is 16.5 Å². The molecule has 4 heteroatoms. The molecular weight excluding hydrogens is 174 g/mol. The average Bonchev–Trinajstić information content (AvgIpc) is 2.59. The lowest BCUT2D eigenvalue weighted by atomic mass is 10.0. The van der Waals surface area contributed by atoms with Crippen LogP contribution in [-0.4, -0.2) is 29.4 Å². The van der Waals surface area contributed by atoms with Crippen LogP contribution in [0.2, 0.25) is 0 Å². The van der Waals surface area contributed by atoms with E-state index in [9.17, 15) is 5.11 Å². The van der Waals surface area contributed by atoms with E-state index >= 15 is 0 Å². The third-order valence-electron chi connectivity index (χ3n) is 2.17. The van der Waals surface area contributed by atoms with Crippen LogP contribution in [0, 0.1) is 6.92 Å². The van der Waals surface area contributed by atoms with Gasteiger partial charge in [0.15, 0.2) is 0 Å². The van der Waals surface area contributed by atoms with Gasteiger partial charge in [-0.15, -0.1) is 11.3 Å². The van der Waals surface area contributed by atoms with Crippen LogP contribution >= 0.6 is 11.3 Å². The summed E-state index contributed by atoms with van der Waals surface area (Å²) in [5.74, 6) is 0.150. The molecule has 2 unspecified atom stereocenters. The number of aliphatic hydroxyl groups excluding tert-OH is 1. The van der Waals surface area contributed by atoms with E-state index in [0.29, 0.717) is 13.2 Å². The number of hydrogen-bond acceptors (Lipinski definition) is 4. The molecule has 1 fully saturated rings. The van der Waals surface area contributed by atoms with Crippen molar-refractivity contribution in [1.82, 2.24) is 4.98 Å². The molecule has 12 heavy (non-hydrogen) atoms. The van der Waals surface area contributed by atoms with Gasteiger partial charge in [-0.3, -0.25) is 0 Å². The van der Waals surface area contributed by atoms with Crippen LogP contribution in [0.3, 0.4) is 0 Å². The normalized spacial score (nSPS) is 29.5. The van der Waals surface area contributed by atoms with E-state index in [-0.39, 0.29) is 12.0 Å². The fourth-order valence-electron chi connectivity index (χ4n) is 1.46. The predicted molar refractivity (Wildman–Crippen MR) is 46.4 cm³/mol. The number of aliphatic hydroxyl groups is 1. The Hall–Kier alpha value is -0.450. The molecule has 0 saturated carbocycles. The van der Waals surface area contributed by atoms with Gasteiger partial charge in [0.05, 0.1) is 30.5 Å². The van der Waals surface area contributed by atoms with Crippen molar-refractivity contribution in [2.75, 3.05) is 13.2 Å². The van der Waals surface area contributed by atoms with Gasteiger partial charge in [-0.25, -0.2) is 4.98 Å². The minimum Gasteiger partial charge on any atom is -0.390 e. The Labute approximate surface area is 75.0 Å². The van der Waals surface area contributed by atoms with Gasteiger partial charge in [-0.1, -0.05) is 0 Å². The molecule has 1 aromatic rings. The van der Waals surface area contributed by atoms with E-state index in [4.69, 9.17) is 4.74 Å². The highest BCUT2D eigenvalue weighted by Gasteiger charge is 2.29. The Balaban J connectivity index is 2.24. The van der Waals surface area contributed by atoms with Gasteiger partial charge in [0.25, 0.3) is 0 Å². The Morgan fingerprint density at radius 3 is 3.00 bits per heavy atom. The summed E-state index contributed by atoms with van der Waals surface area (Å²) in [7, 11) is 0. The van der Waals surface area contributed by atoms with Gasteiger partial charge < -0.3 is 9.84 Å². The number of hydrogen-bond donors (Lipinski definition) is 1. The molecule has 2 rings (SSSR count). The van der Waals surface area contributed by atoms with Crippen LogP contribution in [0.15, 0.2) is 5.51 Å². The van der Waals surface area contributed by atoms with E-state index in [1.807, 2.05) is 12.4 Å². The second kappa shape index (κ2) is 3.12. The largest absolute Gasteiger partial charge is 0.390 e. The van der Waals surface area contributed by atoms with Crippen LogP contribution in [0.4, 0.5) is 0 Å². The van der Waals surface area contributed by atoms with Crippen molar-refractivity contribution >= 4 is 11.3 Å². The zero-order chi connectivity index (χ0) is 8.55. The highest BCUT2D eigenvalue weighted by molar-refractivity contribution is 7.09. The summed E-state index contributed by atoms with van der Waals surface area (Å²) in [6, 6.07) is 0. The standard InChI is InChI=1S/C8H11NO2S/c1-5-8(12-4-9-5)6-2-11-3-7(6)10/h4,6-7,10H,2-3H2,1H3. The molecule has 66 valence electrons. The van der Waals surface area contributed by atoms with Crippen LogP contribution < -0.4 is 0 Å². The maximum Gasteiger partial charge on any atom is 0.0872 e. The van der Waals surface area contributed by atoms with Crippen molar-refractivity contribution in [3.63, 3.8) is 0 Å². The first kappa shape index (κ1) is 8.16. The number of ether oxygens (including phenoxy) is 1. The minimum absolute atomic E-state index is 0.150. The summed E-state index contributed by atoms with van der Waals surface area (Å²) < 4.78 is 5.18. The molecule has 1 aliphatic heterocycles. The van der Waals surface area contributed by atoms with Gasteiger partial charge in [0.2, 0.25) is 0 Å². The van der Waals surface area contributed by atoms with Crippen molar-refractivity contribution in [1.29, 1.82) is 0 Å². The number of nitrogens with zero attached hydrogens (tertiary/aromatic N) is 1. The van der Waals surface area contributed by atoms with Crippen molar-refractivity contribution in [3.8, 4) is 0 Å². The zero-order valence-electron chi connectivity index (χ0n) is 6.86. The molecule has 0 radical (unpaired) electrons. The van der Waals surface area contributed by atoms with Crippen molar-refractivity contribution in [2.24, 2.45) is 0 Å². The van der Waals surface area contributed by atoms with Crippen molar-refractivity contribution in [2.45, 2.75) is 18.9 Å². The van der Waals surface area contributed by atoms with Crippen LogP contribution in [0.25, 0.3) is 0 Å². The molecule has 1 N–H and O–H groups in total. The van der Waals surface area contributed by atoms with Gasteiger partial charge >= 0.3 is 0 Å². The molecule has 3 nitrogen and oxygen atoms in total. The second-order valence-electron chi connectivity index (χ2n) is 3.01. The Morgan fingerprint density at radius 2 is 2.50 bits per heavy atom. The molecule has 0 aliphatic carbocycles. The topological polar surface area (TPSA) is 42.4 Å². The second-order valence-corrected chi connectivity index (χ2v) is 3.90. The first-order chi connectivity index (χ1) is 5.79. The van der Waals surface area contributed by atoms with Crippen LogP contribution in [0.5, 0.6) is 0 Å². The molecule has 0 bridgehead atoms. The smallest absolute Gasteiger partial charge is 0.0872 e. The highest BCUT2D eigenvalue weighted by atomic mass is 32.1. The first-order valence-electron chi connectivity index (χ1n) is 3.95. The third-order valence-corrected chi connectivity index (χ3v) is 3.23. The quantitative estimate of drug-likeness (QED) is 0.707. The SMILES string of the molecule is Cc1ncsc1C1COCC1O. The average molecular weight is 185 g/mol. The molecule has 1 aromatic heterocycles. The number of aryl methyl sites for hydroxylation is 1. The lowest BCUT2D eigenvalue weighted by Crippen LogP contribution is -2.15. The molecular formula is C8H11NO2S. The summed E-state index contributed by atoms with van der Waals surface area (Å²) in [4.78, 5) is 5.31. The lowest BCUT2D eigenvalue weighted by molar-refractivity contribution is 0.125. The van der Waals surface area contributed by atoms with Gasteiger partial charge in [0, 0.05) is 10.8 Å². The minimum atomic E-state index is -0.343. The molecule has 2 heterocycles. The maximum absolute atomic E-state index is 9.54. The lowest BCUT2D eigenvalue weighted by Gasteiger charge is -2.09.